The van der Waals surface area contributed by atoms with Gasteiger partial charge in [0, 0.05) is 31.5 Å². The molecule has 138 valence electrons. The molecule has 6 nitrogen and oxygen atoms in total. The Labute approximate surface area is 157 Å². The quantitative estimate of drug-likeness (QED) is 0.707. The molecule has 0 bridgehead atoms. The van der Waals surface area contributed by atoms with E-state index < -0.39 is 11.5 Å². The molecule has 2 aromatic heterocycles. The van der Waals surface area contributed by atoms with Gasteiger partial charge in [0.15, 0.2) is 0 Å². The Morgan fingerprint density at radius 1 is 1.11 bits per heavy atom. The molecule has 0 aliphatic heterocycles. The van der Waals surface area contributed by atoms with Crippen LogP contribution < -0.4 is 15.8 Å². The molecule has 0 aliphatic carbocycles. The van der Waals surface area contributed by atoms with E-state index in [1.54, 1.807) is 24.4 Å². The third-order valence-electron chi connectivity index (χ3n) is 4.48. The van der Waals surface area contributed by atoms with E-state index in [0.29, 0.717) is 17.9 Å². The lowest BCUT2D eigenvalue weighted by atomic mass is 10.2. The maximum Gasteiger partial charge on any atom is 0.261 e. The molecule has 1 amide bonds. The van der Waals surface area contributed by atoms with E-state index in [9.17, 15) is 9.59 Å². The van der Waals surface area contributed by atoms with Gasteiger partial charge in [-0.3, -0.25) is 14.6 Å². The molecule has 1 atom stereocenters. The summed E-state index contributed by atoms with van der Waals surface area (Å²) in [7, 11) is 1.97. The number of amides is 1. The first-order valence-corrected chi connectivity index (χ1v) is 8.77. The maximum absolute atomic E-state index is 12.4. The minimum atomic E-state index is -0.431. The summed E-state index contributed by atoms with van der Waals surface area (Å²) < 4.78 is 0. The van der Waals surface area contributed by atoms with Gasteiger partial charge in [0.05, 0.1) is 11.4 Å². The molecule has 2 N–H and O–H groups in total. The van der Waals surface area contributed by atoms with E-state index in [-0.39, 0.29) is 11.6 Å². The van der Waals surface area contributed by atoms with Crippen molar-refractivity contribution in [3.05, 3.63) is 82.8 Å². The van der Waals surface area contributed by atoms with Crippen molar-refractivity contribution in [2.75, 3.05) is 18.5 Å². The number of nitrogens with zero attached hydrogens (tertiary/aromatic N) is 2. The van der Waals surface area contributed by atoms with Crippen LogP contribution in [0.1, 0.15) is 17.3 Å². The smallest absolute Gasteiger partial charge is 0.261 e. The van der Waals surface area contributed by atoms with Crippen LogP contribution in [-0.2, 0) is 0 Å². The highest BCUT2D eigenvalue weighted by molar-refractivity contribution is 5.94. The molecule has 0 unspecified atom stereocenters. The van der Waals surface area contributed by atoms with Gasteiger partial charge in [-0.1, -0.05) is 24.3 Å². The number of aromatic amines is 1. The Morgan fingerprint density at radius 2 is 1.85 bits per heavy atom. The molecule has 2 heterocycles. The van der Waals surface area contributed by atoms with Gasteiger partial charge in [-0.05, 0) is 43.3 Å². The fourth-order valence-corrected chi connectivity index (χ4v) is 2.71. The van der Waals surface area contributed by atoms with Crippen LogP contribution in [0, 0.1) is 0 Å². The number of benzene rings is 1. The van der Waals surface area contributed by atoms with Crippen LogP contribution in [0.2, 0.25) is 0 Å². The van der Waals surface area contributed by atoms with Gasteiger partial charge in [-0.15, -0.1) is 0 Å². The second kappa shape index (κ2) is 8.31. The van der Waals surface area contributed by atoms with Crippen molar-refractivity contribution < 1.29 is 4.79 Å². The second-order valence-corrected chi connectivity index (χ2v) is 6.34. The van der Waals surface area contributed by atoms with Crippen LogP contribution in [0.5, 0.6) is 0 Å². The average molecular weight is 362 g/mol. The predicted molar refractivity (Wildman–Crippen MR) is 107 cm³/mol. The van der Waals surface area contributed by atoms with Gasteiger partial charge in [-0.2, -0.15) is 0 Å². The van der Waals surface area contributed by atoms with Crippen molar-refractivity contribution in [2.24, 2.45) is 0 Å². The number of anilines is 1. The number of aromatic nitrogens is 2. The molecule has 0 radical (unpaired) electrons. The summed E-state index contributed by atoms with van der Waals surface area (Å²) >= 11 is 0. The predicted octanol–water partition coefficient (Wildman–Crippen LogP) is 2.69. The topological polar surface area (TPSA) is 78.1 Å². The minimum absolute atomic E-state index is 0.0724. The van der Waals surface area contributed by atoms with Gasteiger partial charge in [0.25, 0.3) is 11.5 Å². The van der Waals surface area contributed by atoms with Crippen molar-refractivity contribution in [3.63, 3.8) is 0 Å². The minimum Gasteiger partial charge on any atom is -0.370 e. The SMILES string of the molecule is C[C@@H](CNC(=O)c1ccc(-c2ccccn2)[nH]c1=O)N(C)c1ccccc1. The molecule has 27 heavy (non-hydrogen) atoms. The van der Waals surface area contributed by atoms with E-state index in [1.165, 1.54) is 6.07 Å². The number of likely N-dealkylation sites (N-methyl/N-ethyl adjacent to an activating group) is 1. The molecule has 0 saturated heterocycles. The van der Waals surface area contributed by atoms with E-state index in [4.69, 9.17) is 0 Å². The number of hydrogen-bond acceptors (Lipinski definition) is 4. The lowest BCUT2D eigenvalue weighted by Crippen LogP contribution is -2.41. The van der Waals surface area contributed by atoms with Crippen LogP contribution in [0.15, 0.2) is 71.7 Å². The first-order valence-electron chi connectivity index (χ1n) is 8.77. The first kappa shape index (κ1) is 18.4. The van der Waals surface area contributed by atoms with Crippen molar-refractivity contribution in [1.82, 2.24) is 15.3 Å². The Hall–Kier alpha value is -3.41. The van der Waals surface area contributed by atoms with Gasteiger partial charge < -0.3 is 15.2 Å². The molecule has 0 aliphatic rings. The number of nitrogens with one attached hydrogen (secondary N) is 2. The van der Waals surface area contributed by atoms with E-state index >= 15 is 0 Å². The van der Waals surface area contributed by atoms with Crippen molar-refractivity contribution >= 4 is 11.6 Å². The van der Waals surface area contributed by atoms with Crippen LogP contribution >= 0.6 is 0 Å². The zero-order chi connectivity index (χ0) is 19.2. The van der Waals surface area contributed by atoms with Crippen molar-refractivity contribution in [1.29, 1.82) is 0 Å². The summed E-state index contributed by atoms with van der Waals surface area (Å²) in [6.45, 7) is 2.44. The van der Waals surface area contributed by atoms with Crippen LogP contribution in [0.25, 0.3) is 11.4 Å². The van der Waals surface area contributed by atoms with Crippen molar-refractivity contribution in [2.45, 2.75) is 13.0 Å². The molecular formula is C21H22N4O2. The Morgan fingerprint density at radius 3 is 2.52 bits per heavy atom. The molecule has 0 spiro atoms. The zero-order valence-corrected chi connectivity index (χ0v) is 15.3. The third-order valence-corrected chi connectivity index (χ3v) is 4.48. The number of para-hydroxylation sites is 1. The average Bonchev–Trinajstić information content (AvgIpc) is 2.72. The summed E-state index contributed by atoms with van der Waals surface area (Å²) in [5, 5.41) is 2.83. The fraction of sp³-hybridized carbons (Fsp3) is 0.190. The number of carbonyl (C=O) groups excluding carboxylic acids is 1. The van der Waals surface area contributed by atoms with Crippen LogP contribution in [0.3, 0.4) is 0 Å². The summed E-state index contributed by atoms with van der Waals surface area (Å²) in [6, 6.07) is 18.7. The molecule has 1 aromatic carbocycles. The van der Waals surface area contributed by atoms with Crippen molar-refractivity contribution in [3.8, 4) is 11.4 Å². The fourth-order valence-electron chi connectivity index (χ4n) is 2.71. The Balaban J connectivity index is 1.65. The first-order chi connectivity index (χ1) is 13.1. The van der Waals surface area contributed by atoms with Crippen LogP contribution in [-0.4, -0.2) is 35.5 Å². The Kier molecular flexibility index (Phi) is 5.66. The molecule has 3 rings (SSSR count). The van der Waals surface area contributed by atoms with E-state index in [1.807, 2.05) is 50.4 Å². The lowest BCUT2D eigenvalue weighted by molar-refractivity contribution is 0.0950. The molecule has 0 fully saturated rings. The number of rotatable bonds is 6. The van der Waals surface area contributed by atoms with Gasteiger partial charge in [-0.25, -0.2) is 0 Å². The number of H-pyrrole nitrogens is 1. The van der Waals surface area contributed by atoms with Gasteiger partial charge in [0.1, 0.15) is 5.56 Å². The highest BCUT2D eigenvalue weighted by Gasteiger charge is 2.15. The largest absolute Gasteiger partial charge is 0.370 e. The Bertz CT molecular complexity index is 955. The summed E-state index contributed by atoms with van der Waals surface area (Å²) in [6.07, 6.45) is 1.65. The highest BCUT2D eigenvalue weighted by atomic mass is 16.2. The lowest BCUT2D eigenvalue weighted by Gasteiger charge is -2.27. The monoisotopic (exact) mass is 362 g/mol. The molecule has 0 saturated carbocycles. The van der Waals surface area contributed by atoms with Gasteiger partial charge >= 0.3 is 0 Å². The maximum atomic E-state index is 12.4. The standard InChI is InChI=1S/C21H22N4O2/c1-15(25(2)16-8-4-3-5-9-16)14-23-20(26)17-11-12-19(24-21(17)27)18-10-6-7-13-22-18/h3-13,15H,14H2,1-2H3,(H,23,26)(H,24,27)/t15-/m0/s1. The highest BCUT2D eigenvalue weighted by Crippen LogP contribution is 2.14. The number of pyridine rings is 2. The molecule has 6 heteroatoms. The molecule has 3 aromatic rings. The zero-order valence-electron chi connectivity index (χ0n) is 15.3. The summed E-state index contributed by atoms with van der Waals surface area (Å²) in [4.78, 5) is 33.7. The molecular weight excluding hydrogens is 340 g/mol. The van der Waals surface area contributed by atoms with Crippen LogP contribution in [0.4, 0.5) is 5.69 Å². The summed E-state index contributed by atoms with van der Waals surface area (Å²) in [5.74, 6) is -0.392. The number of hydrogen-bond donors (Lipinski definition) is 2. The third kappa shape index (κ3) is 4.41. The summed E-state index contributed by atoms with van der Waals surface area (Å²) in [5.41, 5.74) is 1.95. The van der Waals surface area contributed by atoms with E-state index in [2.05, 4.69) is 20.2 Å². The van der Waals surface area contributed by atoms with E-state index in [0.717, 1.165) is 5.69 Å². The second-order valence-electron chi connectivity index (χ2n) is 6.34. The number of carbonyl (C=O) groups is 1. The normalized spacial score (nSPS) is 11.6. The van der Waals surface area contributed by atoms with Gasteiger partial charge in [0.2, 0.25) is 0 Å².